The van der Waals surface area contributed by atoms with Crippen LogP contribution >= 0.6 is 0 Å². The zero-order chi connectivity index (χ0) is 12.9. The molecule has 0 aliphatic carbocycles. The SMILES string of the molecule is C=Cc1cc(OCCOC)cc(C(F)(F)F)c1. The second-order valence-electron chi connectivity index (χ2n) is 3.33. The van der Waals surface area contributed by atoms with Crippen LogP contribution in [0.3, 0.4) is 0 Å². The zero-order valence-electron chi connectivity index (χ0n) is 9.38. The van der Waals surface area contributed by atoms with Crippen molar-refractivity contribution in [2.24, 2.45) is 0 Å². The van der Waals surface area contributed by atoms with Crippen molar-refractivity contribution >= 4 is 6.08 Å². The van der Waals surface area contributed by atoms with Crippen LogP contribution in [0.15, 0.2) is 24.8 Å². The van der Waals surface area contributed by atoms with Gasteiger partial charge in [0.05, 0.1) is 12.2 Å². The molecule has 0 heterocycles. The van der Waals surface area contributed by atoms with E-state index in [-0.39, 0.29) is 12.4 Å². The van der Waals surface area contributed by atoms with E-state index in [1.807, 2.05) is 0 Å². The lowest BCUT2D eigenvalue weighted by Crippen LogP contribution is -2.08. The van der Waals surface area contributed by atoms with Gasteiger partial charge in [-0.3, -0.25) is 0 Å². The lowest BCUT2D eigenvalue weighted by molar-refractivity contribution is -0.137. The first-order chi connectivity index (χ1) is 7.97. The molecule has 0 unspecified atom stereocenters. The quantitative estimate of drug-likeness (QED) is 0.741. The second-order valence-corrected chi connectivity index (χ2v) is 3.33. The predicted octanol–water partition coefficient (Wildman–Crippen LogP) is 3.37. The molecule has 1 aromatic carbocycles. The molecule has 0 radical (unpaired) electrons. The van der Waals surface area contributed by atoms with Crippen LogP contribution in [0.2, 0.25) is 0 Å². The van der Waals surface area contributed by atoms with Gasteiger partial charge in [-0.25, -0.2) is 0 Å². The maximum Gasteiger partial charge on any atom is 0.416 e. The summed E-state index contributed by atoms with van der Waals surface area (Å²) < 4.78 is 47.6. The standard InChI is InChI=1S/C12H13F3O2/c1-3-9-6-10(12(13,14)15)8-11(7-9)17-5-4-16-2/h3,6-8H,1,4-5H2,2H3. The van der Waals surface area contributed by atoms with E-state index in [1.54, 1.807) is 0 Å². The number of methoxy groups -OCH3 is 1. The summed E-state index contributed by atoms with van der Waals surface area (Å²) in [5.41, 5.74) is -0.380. The van der Waals surface area contributed by atoms with Crippen LogP contribution in [0.5, 0.6) is 5.75 Å². The number of halogens is 3. The topological polar surface area (TPSA) is 18.5 Å². The van der Waals surface area contributed by atoms with Crippen molar-refractivity contribution in [2.75, 3.05) is 20.3 Å². The summed E-state index contributed by atoms with van der Waals surface area (Å²) in [5, 5.41) is 0. The third kappa shape index (κ3) is 4.11. The van der Waals surface area contributed by atoms with E-state index in [0.29, 0.717) is 12.2 Å². The van der Waals surface area contributed by atoms with Gasteiger partial charge in [-0.2, -0.15) is 13.2 Å². The Morgan fingerprint density at radius 1 is 1.24 bits per heavy atom. The Bertz CT molecular complexity index is 386. The minimum atomic E-state index is -4.39. The maximum atomic E-state index is 12.6. The van der Waals surface area contributed by atoms with E-state index < -0.39 is 11.7 Å². The molecule has 1 rings (SSSR count). The van der Waals surface area contributed by atoms with Gasteiger partial charge in [0.15, 0.2) is 0 Å². The van der Waals surface area contributed by atoms with Crippen molar-refractivity contribution in [1.29, 1.82) is 0 Å². The van der Waals surface area contributed by atoms with Gasteiger partial charge in [0, 0.05) is 7.11 Å². The summed E-state index contributed by atoms with van der Waals surface area (Å²) in [5.74, 6) is 0.159. The van der Waals surface area contributed by atoms with E-state index in [4.69, 9.17) is 9.47 Å². The van der Waals surface area contributed by atoms with Crippen molar-refractivity contribution in [3.8, 4) is 5.75 Å². The van der Waals surface area contributed by atoms with Crippen LogP contribution in [0.1, 0.15) is 11.1 Å². The van der Waals surface area contributed by atoms with E-state index in [1.165, 1.54) is 19.3 Å². The van der Waals surface area contributed by atoms with E-state index >= 15 is 0 Å². The summed E-state index contributed by atoms with van der Waals surface area (Å²) in [6.45, 7) is 3.97. The van der Waals surface area contributed by atoms with Crippen LogP contribution < -0.4 is 4.74 Å². The lowest BCUT2D eigenvalue weighted by atomic mass is 10.1. The van der Waals surface area contributed by atoms with Gasteiger partial charge in [0.2, 0.25) is 0 Å². The first-order valence-electron chi connectivity index (χ1n) is 4.94. The lowest BCUT2D eigenvalue weighted by Gasteiger charge is -2.11. The molecule has 0 aliphatic rings. The third-order valence-electron chi connectivity index (χ3n) is 2.05. The molecule has 0 fully saturated rings. The Morgan fingerprint density at radius 3 is 2.47 bits per heavy atom. The fraction of sp³-hybridized carbons (Fsp3) is 0.333. The van der Waals surface area contributed by atoms with Crippen molar-refractivity contribution < 1.29 is 22.6 Å². The fourth-order valence-corrected chi connectivity index (χ4v) is 1.23. The molecule has 0 bridgehead atoms. The molecule has 0 spiro atoms. The molecular formula is C12H13F3O2. The first kappa shape index (κ1) is 13.6. The molecule has 0 atom stereocenters. The molecule has 94 valence electrons. The van der Waals surface area contributed by atoms with Gasteiger partial charge in [-0.05, 0) is 23.8 Å². The van der Waals surface area contributed by atoms with Gasteiger partial charge in [0.1, 0.15) is 12.4 Å². The molecule has 0 amide bonds. The number of alkyl halides is 3. The zero-order valence-corrected chi connectivity index (χ0v) is 9.38. The Kier molecular flexibility index (Phi) is 4.57. The van der Waals surface area contributed by atoms with E-state index in [9.17, 15) is 13.2 Å². The Hall–Kier alpha value is -1.49. The van der Waals surface area contributed by atoms with Gasteiger partial charge in [-0.15, -0.1) is 0 Å². The van der Waals surface area contributed by atoms with Crippen molar-refractivity contribution in [1.82, 2.24) is 0 Å². The number of hydrogen-bond donors (Lipinski definition) is 0. The molecule has 0 aliphatic heterocycles. The van der Waals surface area contributed by atoms with Crippen LogP contribution in [-0.4, -0.2) is 20.3 Å². The third-order valence-corrected chi connectivity index (χ3v) is 2.05. The van der Waals surface area contributed by atoms with E-state index in [0.717, 1.165) is 12.1 Å². The molecule has 17 heavy (non-hydrogen) atoms. The summed E-state index contributed by atoms with van der Waals surface area (Å²) in [4.78, 5) is 0. The molecule has 0 saturated carbocycles. The summed E-state index contributed by atoms with van der Waals surface area (Å²) >= 11 is 0. The minimum absolute atomic E-state index is 0.159. The predicted molar refractivity (Wildman–Crippen MR) is 58.9 cm³/mol. The smallest absolute Gasteiger partial charge is 0.416 e. The number of hydrogen-bond acceptors (Lipinski definition) is 2. The summed E-state index contributed by atoms with van der Waals surface area (Å²) in [6.07, 6.45) is -3.04. The van der Waals surface area contributed by atoms with Crippen LogP contribution in [0.25, 0.3) is 6.08 Å². The van der Waals surface area contributed by atoms with Gasteiger partial charge < -0.3 is 9.47 Å². The molecule has 5 heteroatoms. The number of ether oxygens (including phenoxy) is 2. The average Bonchev–Trinajstić information content (AvgIpc) is 2.28. The molecule has 0 aromatic heterocycles. The van der Waals surface area contributed by atoms with Crippen LogP contribution in [-0.2, 0) is 10.9 Å². The van der Waals surface area contributed by atoms with Crippen LogP contribution in [0.4, 0.5) is 13.2 Å². The summed E-state index contributed by atoms with van der Waals surface area (Å²) in [6, 6.07) is 3.48. The Morgan fingerprint density at radius 2 is 1.94 bits per heavy atom. The number of benzene rings is 1. The van der Waals surface area contributed by atoms with Gasteiger partial charge >= 0.3 is 6.18 Å². The number of rotatable bonds is 5. The normalized spacial score (nSPS) is 11.3. The van der Waals surface area contributed by atoms with Crippen LogP contribution in [0, 0.1) is 0 Å². The fourth-order valence-electron chi connectivity index (χ4n) is 1.23. The summed E-state index contributed by atoms with van der Waals surface area (Å²) in [7, 11) is 1.49. The maximum absolute atomic E-state index is 12.6. The Balaban J connectivity index is 2.93. The van der Waals surface area contributed by atoms with Gasteiger partial charge in [0.25, 0.3) is 0 Å². The highest BCUT2D eigenvalue weighted by Gasteiger charge is 2.31. The minimum Gasteiger partial charge on any atom is -0.491 e. The molecule has 1 aromatic rings. The van der Waals surface area contributed by atoms with Gasteiger partial charge in [-0.1, -0.05) is 12.7 Å². The average molecular weight is 246 g/mol. The molecule has 2 nitrogen and oxygen atoms in total. The van der Waals surface area contributed by atoms with Crippen molar-refractivity contribution in [3.63, 3.8) is 0 Å². The molecule has 0 N–H and O–H groups in total. The monoisotopic (exact) mass is 246 g/mol. The Labute approximate surface area is 97.7 Å². The first-order valence-corrected chi connectivity index (χ1v) is 4.94. The largest absolute Gasteiger partial charge is 0.491 e. The molecular weight excluding hydrogens is 233 g/mol. The van der Waals surface area contributed by atoms with E-state index in [2.05, 4.69) is 6.58 Å². The van der Waals surface area contributed by atoms with Crippen molar-refractivity contribution in [2.45, 2.75) is 6.18 Å². The van der Waals surface area contributed by atoms with Crippen molar-refractivity contribution in [3.05, 3.63) is 35.9 Å². The molecule has 0 saturated heterocycles. The highest BCUT2D eigenvalue weighted by Crippen LogP contribution is 2.32. The highest BCUT2D eigenvalue weighted by molar-refractivity contribution is 5.52. The second kappa shape index (κ2) is 5.72. The highest BCUT2D eigenvalue weighted by atomic mass is 19.4.